The minimum absolute atomic E-state index is 0.0803. The maximum Gasteiger partial charge on any atom is 0.283 e. The number of nitrogens with one attached hydrogen (secondary N) is 2. The first-order valence-corrected chi connectivity index (χ1v) is 10.4. The lowest BCUT2D eigenvalue weighted by Crippen LogP contribution is -2.18. The van der Waals surface area contributed by atoms with E-state index in [9.17, 15) is 19.7 Å². The van der Waals surface area contributed by atoms with Crippen LogP contribution in [0.25, 0.3) is 0 Å². The summed E-state index contributed by atoms with van der Waals surface area (Å²) >= 11 is 7.12. The van der Waals surface area contributed by atoms with Crippen molar-refractivity contribution in [2.75, 3.05) is 5.32 Å². The first-order chi connectivity index (χ1) is 15.3. The number of nitro groups is 1. The summed E-state index contributed by atoms with van der Waals surface area (Å²) in [6.07, 6.45) is 1.32. The fourth-order valence-electron chi connectivity index (χ4n) is 2.64. The molecule has 3 aromatic carbocycles. The van der Waals surface area contributed by atoms with Crippen molar-refractivity contribution in [1.29, 1.82) is 0 Å². The summed E-state index contributed by atoms with van der Waals surface area (Å²) in [6, 6.07) is 18.0. The molecule has 2 N–H and O–H groups in total. The number of hydrogen-bond donors (Lipinski definition) is 2. The predicted molar refractivity (Wildman–Crippen MR) is 124 cm³/mol. The normalized spacial score (nSPS) is 10.7. The third kappa shape index (κ3) is 6.40. The van der Waals surface area contributed by atoms with Gasteiger partial charge in [-0.05, 0) is 48.5 Å². The van der Waals surface area contributed by atoms with Crippen molar-refractivity contribution in [3.05, 3.63) is 93.0 Å². The molecule has 0 saturated heterocycles. The van der Waals surface area contributed by atoms with E-state index in [4.69, 9.17) is 11.6 Å². The standard InChI is InChI=1S/C22H17ClN4O4S/c1-14(28)25-18-4-2-3-16(12-18)22(29)26-24-13-15-5-10-21(20(11-15)27(30)31)32-19-8-6-17(23)7-9-19/h2-13H,1H3,(H,25,28)(H,26,29)/b24-13+. The number of amides is 2. The lowest BCUT2D eigenvalue weighted by Gasteiger charge is -2.05. The molecule has 0 unspecified atom stereocenters. The Hall–Kier alpha value is -3.69. The van der Waals surface area contributed by atoms with Crippen molar-refractivity contribution in [3.63, 3.8) is 0 Å². The van der Waals surface area contributed by atoms with Gasteiger partial charge in [-0.3, -0.25) is 19.7 Å². The van der Waals surface area contributed by atoms with E-state index in [0.29, 0.717) is 26.7 Å². The third-order valence-corrected chi connectivity index (χ3v) is 5.37. The van der Waals surface area contributed by atoms with E-state index in [0.717, 1.165) is 4.90 Å². The SMILES string of the molecule is CC(=O)Nc1cccc(C(=O)N/N=C/c2ccc(Sc3ccc(Cl)cc3)c([N+](=O)[O-])c2)c1. The maximum absolute atomic E-state index is 12.3. The molecule has 8 nitrogen and oxygen atoms in total. The monoisotopic (exact) mass is 468 g/mol. The molecule has 0 aromatic heterocycles. The maximum atomic E-state index is 12.3. The highest BCUT2D eigenvalue weighted by molar-refractivity contribution is 7.99. The lowest BCUT2D eigenvalue weighted by atomic mass is 10.2. The van der Waals surface area contributed by atoms with E-state index >= 15 is 0 Å². The summed E-state index contributed by atoms with van der Waals surface area (Å²) in [4.78, 5) is 35.7. The summed E-state index contributed by atoms with van der Waals surface area (Å²) < 4.78 is 0. The Bertz CT molecular complexity index is 1200. The second kappa shape index (κ2) is 10.6. The van der Waals surface area contributed by atoms with Crippen LogP contribution in [0, 0.1) is 10.1 Å². The number of rotatable bonds is 7. The second-order valence-corrected chi connectivity index (χ2v) is 8.05. The van der Waals surface area contributed by atoms with E-state index < -0.39 is 10.8 Å². The Balaban J connectivity index is 1.71. The number of benzene rings is 3. The van der Waals surface area contributed by atoms with Crippen molar-refractivity contribution >= 4 is 52.8 Å². The molecule has 0 aliphatic carbocycles. The molecule has 3 rings (SSSR count). The van der Waals surface area contributed by atoms with Crippen LogP contribution in [0.4, 0.5) is 11.4 Å². The molecular formula is C22H17ClN4O4S. The first kappa shape index (κ1) is 23.0. The van der Waals surface area contributed by atoms with E-state index in [1.54, 1.807) is 54.6 Å². The smallest absolute Gasteiger partial charge is 0.283 e. The van der Waals surface area contributed by atoms with E-state index in [1.165, 1.54) is 37.0 Å². The Morgan fingerprint density at radius 3 is 2.53 bits per heavy atom. The second-order valence-electron chi connectivity index (χ2n) is 6.50. The highest BCUT2D eigenvalue weighted by atomic mass is 35.5. The van der Waals surface area contributed by atoms with Crippen molar-refractivity contribution in [2.24, 2.45) is 5.10 Å². The van der Waals surface area contributed by atoms with Crippen LogP contribution in [0.1, 0.15) is 22.8 Å². The minimum atomic E-state index is -0.488. The summed E-state index contributed by atoms with van der Waals surface area (Å²) in [5, 5.41) is 18.6. The number of carbonyl (C=O) groups excluding carboxylic acids is 2. The van der Waals surface area contributed by atoms with Gasteiger partial charge in [0.2, 0.25) is 5.91 Å². The molecule has 0 saturated carbocycles. The Morgan fingerprint density at radius 1 is 1.09 bits per heavy atom. The number of hydrazone groups is 1. The molecular weight excluding hydrogens is 452 g/mol. The largest absolute Gasteiger partial charge is 0.326 e. The number of carbonyl (C=O) groups is 2. The Labute approximate surface area is 192 Å². The molecule has 0 spiro atoms. The third-order valence-electron chi connectivity index (χ3n) is 4.05. The van der Waals surface area contributed by atoms with Crippen molar-refractivity contribution < 1.29 is 14.5 Å². The van der Waals surface area contributed by atoms with Gasteiger partial charge >= 0.3 is 0 Å². The Kier molecular flexibility index (Phi) is 7.58. The van der Waals surface area contributed by atoms with Crippen LogP contribution in [0.15, 0.2) is 81.6 Å². The summed E-state index contributed by atoms with van der Waals surface area (Å²) in [7, 11) is 0. The average molecular weight is 469 g/mol. The fourth-order valence-corrected chi connectivity index (χ4v) is 3.67. The molecule has 0 atom stereocenters. The van der Waals surface area contributed by atoms with Crippen LogP contribution in [-0.2, 0) is 4.79 Å². The molecule has 32 heavy (non-hydrogen) atoms. The van der Waals surface area contributed by atoms with Crippen molar-refractivity contribution in [1.82, 2.24) is 5.43 Å². The zero-order valence-corrected chi connectivity index (χ0v) is 18.3. The van der Waals surface area contributed by atoms with Gasteiger partial charge in [0.05, 0.1) is 16.0 Å². The van der Waals surface area contributed by atoms with Crippen LogP contribution < -0.4 is 10.7 Å². The van der Waals surface area contributed by atoms with E-state index in [1.807, 2.05) is 0 Å². The van der Waals surface area contributed by atoms with Gasteiger partial charge in [0.25, 0.3) is 11.6 Å². The molecule has 162 valence electrons. The summed E-state index contributed by atoms with van der Waals surface area (Å²) in [6.45, 7) is 1.37. The predicted octanol–water partition coefficient (Wildman–Crippen LogP) is 5.12. The molecule has 0 radical (unpaired) electrons. The molecule has 2 amide bonds. The average Bonchev–Trinajstić information content (AvgIpc) is 2.75. The fraction of sp³-hybridized carbons (Fsp3) is 0.0455. The van der Waals surface area contributed by atoms with Crippen LogP contribution in [0.2, 0.25) is 5.02 Å². The quantitative estimate of drug-likeness (QED) is 0.284. The number of nitrogens with zero attached hydrogens (tertiary/aromatic N) is 2. The van der Waals surface area contributed by atoms with Crippen molar-refractivity contribution in [3.8, 4) is 0 Å². The lowest BCUT2D eigenvalue weighted by molar-refractivity contribution is -0.387. The van der Waals surface area contributed by atoms with E-state index in [2.05, 4.69) is 15.8 Å². The molecule has 0 aliphatic heterocycles. The van der Waals surface area contributed by atoms with Gasteiger partial charge in [-0.15, -0.1) is 0 Å². The molecule has 0 fully saturated rings. The highest BCUT2D eigenvalue weighted by Crippen LogP contribution is 2.35. The first-order valence-electron chi connectivity index (χ1n) is 9.25. The number of hydrogen-bond acceptors (Lipinski definition) is 6. The highest BCUT2D eigenvalue weighted by Gasteiger charge is 2.15. The van der Waals surface area contributed by atoms with Gasteiger partial charge < -0.3 is 5.32 Å². The summed E-state index contributed by atoms with van der Waals surface area (Å²) in [5.41, 5.74) is 3.52. The van der Waals surface area contributed by atoms with Gasteiger partial charge in [-0.2, -0.15) is 5.10 Å². The molecule has 0 heterocycles. The zero-order chi connectivity index (χ0) is 23.1. The molecule has 0 bridgehead atoms. The molecule has 0 aliphatic rings. The van der Waals surface area contributed by atoms with Gasteiger partial charge in [-0.25, -0.2) is 5.43 Å². The number of anilines is 1. The van der Waals surface area contributed by atoms with Crippen LogP contribution in [-0.4, -0.2) is 23.0 Å². The Morgan fingerprint density at radius 2 is 1.84 bits per heavy atom. The van der Waals surface area contributed by atoms with Crippen molar-refractivity contribution in [2.45, 2.75) is 16.7 Å². The number of nitro benzene ring substituents is 1. The van der Waals surface area contributed by atoms with Gasteiger partial charge in [0.15, 0.2) is 0 Å². The number of halogens is 1. The van der Waals surface area contributed by atoms with Crippen LogP contribution >= 0.6 is 23.4 Å². The van der Waals surface area contributed by atoms with E-state index in [-0.39, 0.29) is 11.6 Å². The van der Waals surface area contributed by atoms with Gasteiger partial charge in [0, 0.05) is 39.7 Å². The minimum Gasteiger partial charge on any atom is -0.326 e. The van der Waals surface area contributed by atoms with Crippen LogP contribution in [0.5, 0.6) is 0 Å². The van der Waals surface area contributed by atoms with Gasteiger partial charge in [0.1, 0.15) is 0 Å². The topological polar surface area (TPSA) is 114 Å². The van der Waals surface area contributed by atoms with Crippen LogP contribution in [0.3, 0.4) is 0 Å². The molecule has 3 aromatic rings. The molecule has 10 heteroatoms. The summed E-state index contributed by atoms with van der Waals surface area (Å²) in [5.74, 6) is -0.738. The zero-order valence-electron chi connectivity index (χ0n) is 16.7. The van der Waals surface area contributed by atoms with Gasteiger partial charge in [-0.1, -0.05) is 35.5 Å².